The Kier molecular flexibility index (Phi) is 3.34. The first-order valence-corrected chi connectivity index (χ1v) is 4.38. The Labute approximate surface area is 82.3 Å². The minimum Gasteiger partial charge on any atom is -0.350 e. The van der Waals surface area contributed by atoms with Crippen LogP contribution in [-0.4, -0.2) is 11.9 Å². The lowest BCUT2D eigenvalue weighted by molar-refractivity contribution is 0.0944. The second kappa shape index (κ2) is 4.50. The summed E-state index contributed by atoms with van der Waals surface area (Å²) in [4.78, 5) is 21.9. The second-order valence-electron chi connectivity index (χ2n) is 3.24. The first-order chi connectivity index (χ1) is 6.65. The Bertz CT molecular complexity index is 348. The van der Waals surface area contributed by atoms with E-state index >= 15 is 0 Å². The van der Waals surface area contributed by atoms with Crippen molar-refractivity contribution in [3.8, 4) is 0 Å². The Hall–Kier alpha value is -1.71. The minimum atomic E-state index is -0.268. The minimum absolute atomic E-state index is 0.0437. The van der Waals surface area contributed by atoms with Gasteiger partial charge in [0.2, 0.25) is 0 Å². The number of nitroso groups, excluding NO2 is 1. The summed E-state index contributed by atoms with van der Waals surface area (Å²) in [6, 6.07) is 6.51. The smallest absolute Gasteiger partial charge is 0.253 e. The summed E-state index contributed by atoms with van der Waals surface area (Å²) >= 11 is 0. The van der Waals surface area contributed by atoms with E-state index in [9.17, 15) is 9.70 Å². The molecule has 0 radical (unpaired) electrons. The van der Waals surface area contributed by atoms with Gasteiger partial charge < -0.3 is 5.32 Å². The molecule has 1 aromatic carbocycles. The van der Waals surface area contributed by atoms with Gasteiger partial charge in [-0.25, -0.2) is 0 Å². The maximum atomic E-state index is 11.5. The van der Waals surface area contributed by atoms with E-state index in [0.29, 0.717) is 5.56 Å². The van der Waals surface area contributed by atoms with Crippen molar-refractivity contribution in [1.29, 1.82) is 0 Å². The Morgan fingerprint density at radius 2 is 2.00 bits per heavy atom. The van der Waals surface area contributed by atoms with E-state index in [1.165, 1.54) is 6.07 Å². The molecule has 0 unspecified atom stereocenters. The number of nitrogens with zero attached hydrogens (tertiary/aromatic N) is 1. The number of carbonyl (C=O) groups is 1. The molecule has 0 aliphatic rings. The van der Waals surface area contributed by atoms with Crippen molar-refractivity contribution in [3.05, 3.63) is 34.7 Å². The van der Waals surface area contributed by atoms with Crippen LogP contribution in [0.5, 0.6) is 0 Å². The summed E-state index contributed by atoms with van der Waals surface area (Å²) in [7, 11) is 0. The molecule has 1 aromatic rings. The molecular weight excluding hydrogens is 180 g/mol. The fraction of sp³-hybridized carbons (Fsp3) is 0.300. The van der Waals surface area contributed by atoms with Gasteiger partial charge in [0.15, 0.2) is 0 Å². The molecule has 1 rings (SSSR count). The van der Waals surface area contributed by atoms with E-state index in [4.69, 9.17) is 0 Å². The lowest BCUT2D eigenvalue weighted by Crippen LogP contribution is -2.30. The summed E-state index contributed by atoms with van der Waals surface area (Å²) in [5.74, 6) is -0.268. The van der Waals surface area contributed by atoms with Crippen molar-refractivity contribution in [1.82, 2.24) is 5.32 Å². The fourth-order valence-corrected chi connectivity index (χ4v) is 1.09. The lowest BCUT2D eigenvalue weighted by atomic mass is 10.1. The molecule has 0 atom stereocenters. The van der Waals surface area contributed by atoms with E-state index in [1.807, 2.05) is 13.8 Å². The third kappa shape index (κ3) is 2.39. The monoisotopic (exact) mass is 192 g/mol. The quantitative estimate of drug-likeness (QED) is 0.746. The number of nitrogens with one attached hydrogen (secondary N) is 1. The standard InChI is InChI=1S/C10H12N2O2/c1-7(2)11-10(13)8-5-3-4-6-9(8)12-14/h3-7H,1-2H3,(H,11,13). The van der Waals surface area contributed by atoms with Crippen LogP contribution in [0.3, 0.4) is 0 Å². The molecule has 0 heterocycles. The zero-order valence-electron chi connectivity index (χ0n) is 8.15. The number of benzene rings is 1. The molecule has 0 aromatic heterocycles. The van der Waals surface area contributed by atoms with Crippen molar-refractivity contribution in [2.45, 2.75) is 19.9 Å². The van der Waals surface area contributed by atoms with Gasteiger partial charge in [-0.3, -0.25) is 4.79 Å². The maximum absolute atomic E-state index is 11.5. The topological polar surface area (TPSA) is 58.5 Å². The molecule has 4 nitrogen and oxygen atoms in total. The molecule has 0 aliphatic carbocycles. The van der Waals surface area contributed by atoms with Crippen molar-refractivity contribution in [2.75, 3.05) is 0 Å². The van der Waals surface area contributed by atoms with Crippen LogP contribution in [-0.2, 0) is 0 Å². The summed E-state index contributed by atoms with van der Waals surface area (Å²) in [6.45, 7) is 3.71. The Morgan fingerprint density at radius 1 is 1.36 bits per heavy atom. The van der Waals surface area contributed by atoms with Crippen molar-refractivity contribution in [3.63, 3.8) is 0 Å². The number of hydrogen-bond acceptors (Lipinski definition) is 3. The number of amides is 1. The maximum Gasteiger partial charge on any atom is 0.253 e. The molecule has 74 valence electrons. The van der Waals surface area contributed by atoms with Gasteiger partial charge >= 0.3 is 0 Å². The zero-order chi connectivity index (χ0) is 10.6. The zero-order valence-corrected chi connectivity index (χ0v) is 8.15. The predicted octanol–water partition coefficient (Wildman–Crippen LogP) is 2.22. The highest BCUT2D eigenvalue weighted by Gasteiger charge is 2.11. The molecule has 0 spiro atoms. The number of carbonyl (C=O) groups excluding carboxylic acids is 1. The van der Waals surface area contributed by atoms with Crippen LogP contribution in [0.25, 0.3) is 0 Å². The van der Waals surface area contributed by atoms with Crippen LogP contribution in [0.1, 0.15) is 24.2 Å². The van der Waals surface area contributed by atoms with E-state index in [1.54, 1.807) is 18.2 Å². The van der Waals surface area contributed by atoms with Gasteiger partial charge in [0.25, 0.3) is 5.91 Å². The highest BCUT2D eigenvalue weighted by Crippen LogP contribution is 2.17. The fourth-order valence-electron chi connectivity index (χ4n) is 1.09. The number of hydrogen-bond donors (Lipinski definition) is 1. The van der Waals surface area contributed by atoms with Crippen molar-refractivity contribution < 1.29 is 4.79 Å². The molecular formula is C10H12N2O2. The lowest BCUT2D eigenvalue weighted by Gasteiger charge is -2.08. The van der Waals surface area contributed by atoms with Crippen LogP contribution in [0.2, 0.25) is 0 Å². The molecule has 4 heteroatoms. The van der Waals surface area contributed by atoms with Gasteiger partial charge in [-0.1, -0.05) is 12.1 Å². The van der Waals surface area contributed by atoms with E-state index in [-0.39, 0.29) is 17.6 Å². The Morgan fingerprint density at radius 3 is 2.57 bits per heavy atom. The van der Waals surface area contributed by atoms with E-state index < -0.39 is 0 Å². The third-order valence-corrected chi connectivity index (χ3v) is 1.67. The summed E-state index contributed by atoms with van der Waals surface area (Å²) in [6.07, 6.45) is 0. The summed E-state index contributed by atoms with van der Waals surface area (Å²) in [5.41, 5.74) is 0.488. The normalized spacial score (nSPS) is 9.93. The molecule has 0 saturated carbocycles. The van der Waals surface area contributed by atoms with Gasteiger partial charge in [0, 0.05) is 6.04 Å². The van der Waals surface area contributed by atoms with Crippen LogP contribution in [0, 0.1) is 4.91 Å². The highest BCUT2D eigenvalue weighted by molar-refractivity contribution is 5.98. The van der Waals surface area contributed by atoms with Gasteiger partial charge in [-0.15, -0.1) is 4.91 Å². The van der Waals surface area contributed by atoms with Crippen LogP contribution in [0.4, 0.5) is 5.69 Å². The second-order valence-corrected chi connectivity index (χ2v) is 3.24. The van der Waals surface area contributed by atoms with Gasteiger partial charge in [0.1, 0.15) is 5.69 Å². The highest BCUT2D eigenvalue weighted by atomic mass is 16.3. The molecule has 1 N–H and O–H groups in total. The SMILES string of the molecule is CC(C)NC(=O)c1ccccc1N=O. The largest absolute Gasteiger partial charge is 0.350 e. The molecule has 0 aliphatic heterocycles. The van der Waals surface area contributed by atoms with Crippen molar-refractivity contribution >= 4 is 11.6 Å². The van der Waals surface area contributed by atoms with E-state index in [0.717, 1.165) is 0 Å². The van der Waals surface area contributed by atoms with Gasteiger partial charge in [-0.2, -0.15) is 0 Å². The van der Waals surface area contributed by atoms with Crippen LogP contribution >= 0.6 is 0 Å². The molecule has 14 heavy (non-hydrogen) atoms. The average Bonchev–Trinajstić information content (AvgIpc) is 2.16. The van der Waals surface area contributed by atoms with Crippen LogP contribution < -0.4 is 5.32 Å². The summed E-state index contributed by atoms with van der Waals surface area (Å²) < 4.78 is 0. The first kappa shape index (κ1) is 10.4. The van der Waals surface area contributed by atoms with Gasteiger partial charge in [-0.05, 0) is 31.2 Å². The van der Waals surface area contributed by atoms with Gasteiger partial charge in [0.05, 0.1) is 5.56 Å². The molecule has 0 bridgehead atoms. The Balaban J connectivity index is 2.94. The number of rotatable bonds is 3. The van der Waals surface area contributed by atoms with Crippen molar-refractivity contribution in [2.24, 2.45) is 5.18 Å². The molecule has 0 fully saturated rings. The van der Waals surface area contributed by atoms with E-state index in [2.05, 4.69) is 10.5 Å². The van der Waals surface area contributed by atoms with Crippen LogP contribution in [0.15, 0.2) is 29.4 Å². The molecule has 0 saturated heterocycles. The average molecular weight is 192 g/mol. The third-order valence-electron chi connectivity index (χ3n) is 1.67. The molecule has 1 amide bonds. The summed E-state index contributed by atoms with van der Waals surface area (Å²) in [5, 5.41) is 5.48. The first-order valence-electron chi connectivity index (χ1n) is 4.38. The predicted molar refractivity (Wildman–Crippen MR) is 54.5 cm³/mol.